The van der Waals surface area contributed by atoms with Crippen LogP contribution in [0.1, 0.15) is 27.0 Å². The van der Waals surface area contributed by atoms with E-state index in [1.165, 1.54) is 0 Å². The van der Waals surface area contributed by atoms with Crippen LogP contribution in [0.2, 0.25) is 0 Å². The standard InChI is InChI=1S/C16H15O4P/c1-10-9-11(2)15(16(17)20-21(18)19)12(3)14(10)13-7-5-4-6-8-13/h4-9H,1-3H3/p+1. The zero-order valence-electron chi connectivity index (χ0n) is 12.1. The van der Waals surface area contributed by atoms with Gasteiger partial charge in [0.1, 0.15) is 0 Å². The number of carbonyl (C=O) groups excluding carboxylic acids is 1. The summed E-state index contributed by atoms with van der Waals surface area (Å²) in [4.78, 5) is 20.8. The number of rotatable bonds is 3. The molecule has 0 heterocycles. The summed E-state index contributed by atoms with van der Waals surface area (Å²) in [6, 6.07) is 11.6. The van der Waals surface area contributed by atoms with Gasteiger partial charge >= 0.3 is 14.2 Å². The Kier molecular flexibility index (Phi) is 4.51. The van der Waals surface area contributed by atoms with Gasteiger partial charge < -0.3 is 0 Å². The van der Waals surface area contributed by atoms with Gasteiger partial charge in [0.15, 0.2) is 0 Å². The van der Waals surface area contributed by atoms with E-state index in [1.807, 2.05) is 50.2 Å². The highest BCUT2D eigenvalue weighted by Gasteiger charge is 2.26. The predicted molar refractivity (Wildman–Crippen MR) is 81.3 cm³/mol. The lowest BCUT2D eigenvalue weighted by Gasteiger charge is -2.15. The molecular formula is C16H16O4P+. The lowest BCUT2D eigenvalue weighted by Crippen LogP contribution is -2.08. The molecule has 2 rings (SSSR count). The van der Waals surface area contributed by atoms with Crippen LogP contribution in [0.4, 0.5) is 0 Å². The van der Waals surface area contributed by atoms with E-state index < -0.39 is 14.2 Å². The van der Waals surface area contributed by atoms with Gasteiger partial charge in [0.25, 0.3) is 0 Å². The highest BCUT2D eigenvalue weighted by atomic mass is 31.1. The molecule has 0 aliphatic carbocycles. The monoisotopic (exact) mass is 303 g/mol. The Balaban J connectivity index is 2.64. The average Bonchev–Trinajstić information content (AvgIpc) is 2.38. The second kappa shape index (κ2) is 6.17. The molecule has 108 valence electrons. The maximum atomic E-state index is 12.0. The van der Waals surface area contributed by atoms with Crippen molar-refractivity contribution in [3.8, 4) is 11.1 Å². The molecule has 5 heteroatoms. The topological polar surface area (TPSA) is 63.6 Å². The summed E-state index contributed by atoms with van der Waals surface area (Å²) >= 11 is 0. The zero-order valence-corrected chi connectivity index (χ0v) is 13.0. The molecule has 0 aliphatic rings. The number of aryl methyl sites for hydroxylation is 2. The quantitative estimate of drug-likeness (QED) is 0.868. The molecule has 0 radical (unpaired) electrons. The molecule has 0 saturated carbocycles. The molecule has 21 heavy (non-hydrogen) atoms. The van der Waals surface area contributed by atoms with Crippen LogP contribution in [0, 0.1) is 20.8 Å². The molecule has 2 aromatic rings. The van der Waals surface area contributed by atoms with Crippen LogP contribution in [0.3, 0.4) is 0 Å². The van der Waals surface area contributed by atoms with Crippen LogP contribution in [-0.4, -0.2) is 10.9 Å². The van der Waals surface area contributed by atoms with Gasteiger partial charge in [-0.05, 0) is 48.6 Å². The first-order valence-corrected chi connectivity index (χ1v) is 7.59. The minimum absolute atomic E-state index is 0.344. The van der Waals surface area contributed by atoms with Crippen molar-refractivity contribution in [1.29, 1.82) is 0 Å². The maximum Gasteiger partial charge on any atom is 0.750 e. The van der Waals surface area contributed by atoms with E-state index in [2.05, 4.69) is 4.52 Å². The molecule has 0 aromatic heterocycles. The Morgan fingerprint density at radius 2 is 1.71 bits per heavy atom. The molecule has 0 amide bonds. The van der Waals surface area contributed by atoms with Crippen molar-refractivity contribution >= 4 is 14.2 Å². The van der Waals surface area contributed by atoms with E-state index in [1.54, 1.807) is 6.92 Å². The minimum Gasteiger partial charge on any atom is -0.241 e. The normalized spacial score (nSPS) is 11.1. The summed E-state index contributed by atoms with van der Waals surface area (Å²) in [5.74, 6) is -0.772. The van der Waals surface area contributed by atoms with E-state index in [9.17, 15) is 9.36 Å². The molecule has 2 aromatic carbocycles. The van der Waals surface area contributed by atoms with Crippen molar-refractivity contribution in [2.45, 2.75) is 20.8 Å². The van der Waals surface area contributed by atoms with Crippen molar-refractivity contribution in [3.63, 3.8) is 0 Å². The maximum absolute atomic E-state index is 12.0. The van der Waals surface area contributed by atoms with E-state index in [-0.39, 0.29) is 0 Å². The number of benzene rings is 2. The van der Waals surface area contributed by atoms with Crippen molar-refractivity contribution < 1.29 is 18.8 Å². The fourth-order valence-electron chi connectivity index (χ4n) is 2.67. The van der Waals surface area contributed by atoms with Crippen molar-refractivity contribution in [2.24, 2.45) is 0 Å². The molecule has 0 bridgehead atoms. The largest absolute Gasteiger partial charge is 0.750 e. The first-order valence-electron chi connectivity index (χ1n) is 6.46. The van der Waals surface area contributed by atoms with Gasteiger partial charge in [-0.25, -0.2) is 4.79 Å². The molecule has 4 nitrogen and oxygen atoms in total. The Hall–Kier alpha value is -2.03. The lowest BCUT2D eigenvalue weighted by atomic mass is 9.89. The molecule has 1 unspecified atom stereocenters. The molecule has 0 spiro atoms. The van der Waals surface area contributed by atoms with E-state index in [0.717, 1.165) is 27.8 Å². The van der Waals surface area contributed by atoms with Gasteiger partial charge in [-0.3, -0.25) is 0 Å². The smallest absolute Gasteiger partial charge is 0.241 e. The fourth-order valence-corrected chi connectivity index (χ4v) is 2.90. The van der Waals surface area contributed by atoms with Gasteiger partial charge in [0.2, 0.25) is 0 Å². The number of hydrogen-bond donors (Lipinski definition) is 1. The van der Waals surface area contributed by atoms with Gasteiger partial charge in [0, 0.05) is 4.57 Å². The van der Waals surface area contributed by atoms with Crippen LogP contribution >= 0.6 is 8.25 Å². The van der Waals surface area contributed by atoms with Gasteiger partial charge in [-0.2, -0.15) is 4.52 Å². The summed E-state index contributed by atoms with van der Waals surface area (Å²) in [5.41, 5.74) is 4.81. The first kappa shape index (κ1) is 15.4. The number of hydrogen-bond acceptors (Lipinski definition) is 3. The molecule has 0 saturated heterocycles. The summed E-state index contributed by atoms with van der Waals surface area (Å²) in [6.07, 6.45) is 0. The third-order valence-electron chi connectivity index (χ3n) is 3.40. The first-order chi connectivity index (χ1) is 9.91. The minimum atomic E-state index is -2.96. The van der Waals surface area contributed by atoms with Crippen LogP contribution in [-0.2, 0) is 9.09 Å². The van der Waals surface area contributed by atoms with Crippen molar-refractivity contribution in [1.82, 2.24) is 0 Å². The summed E-state index contributed by atoms with van der Waals surface area (Å²) in [5, 5.41) is 0. The second-order valence-corrected chi connectivity index (χ2v) is 5.53. The molecular weight excluding hydrogens is 287 g/mol. The van der Waals surface area contributed by atoms with Gasteiger partial charge in [-0.1, -0.05) is 36.4 Å². The highest BCUT2D eigenvalue weighted by molar-refractivity contribution is 7.32. The summed E-state index contributed by atoms with van der Waals surface area (Å²) < 4.78 is 15.2. The predicted octanol–water partition coefficient (Wildman–Crippen LogP) is 4.09. The fraction of sp³-hybridized carbons (Fsp3) is 0.188. The van der Waals surface area contributed by atoms with Crippen LogP contribution in [0.15, 0.2) is 36.4 Å². The second-order valence-electron chi connectivity index (χ2n) is 4.87. The summed E-state index contributed by atoms with van der Waals surface area (Å²) in [6.45, 7) is 5.59. The van der Waals surface area contributed by atoms with Crippen LogP contribution in [0.25, 0.3) is 11.1 Å². The Labute approximate surface area is 124 Å². The van der Waals surface area contributed by atoms with E-state index >= 15 is 0 Å². The molecule has 1 N–H and O–H groups in total. The Morgan fingerprint density at radius 1 is 1.10 bits per heavy atom. The van der Waals surface area contributed by atoms with Crippen molar-refractivity contribution in [3.05, 3.63) is 58.7 Å². The average molecular weight is 303 g/mol. The molecule has 0 aliphatic heterocycles. The Morgan fingerprint density at radius 3 is 2.29 bits per heavy atom. The summed E-state index contributed by atoms with van der Waals surface area (Å²) in [7, 11) is -2.96. The van der Waals surface area contributed by atoms with Gasteiger partial charge in [-0.15, -0.1) is 4.89 Å². The van der Waals surface area contributed by atoms with Crippen LogP contribution < -0.4 is 0 Å². The lowest BCUT2D eigenvalue weighted by molar-refractivity contribution is 0.0729. The SMILES string of the molecule is Cc1cc(C)c(-c2ccccc2)c(C)c1C(=O)O[P+](=O)O. The van der Waals surface area contributed by atoms with Gasteiger partial charge in [0.05, 0.1) is 5.56 Å². The highest BCUT2D eigenvalue weighted by Crippen LogP contribution is 2.33. The third kappa shape index (κ3) is 3.18. The van der Waals surface area contributed by atoms with Crippen molar-refractivity contribution in [2.75, 3.05) is 0 Å². The number of carbonyl (C=O) groups is 1. The third-order valence-corrected chi connectivity index (χ3v) is 3.72. The Bertz CT molecular complexity index is 708. The molecule has 1 atom stereocenters. The molecule has 0 fully saturated rings. The van der Waals surface area contributed by atoms with Crippen LogP contribution in [0.5, 0.6) is 0 Å². The zero-order chi connectivity index (χ0) is 15.6. The van der Waals surface area contributed by atoms with E-state index in [0.29, 0.717) is 5.56 Å². The van der Waals surface area contributed by atoms with E-state index in [4.69, 9.17) is 4.89 Å².